The zero-order valence-corrected chi connectivity index (χ0v) is 11.1. The van der Waals surface area contributed by atoms with Gasteiger partial charge in [0.25, 0.3) is 0 Å². The molecule has 2 rings (SSSR count). The van der Waals surface area contributed by atoms with E-state index in [1.54, 1.807) is 11.8 Å². The predicted molar refractivity (Wildman–Crippen MR) is 72.2 cm³/mol. The summed E-state index contributed by atoms with van der Waals surface area (Å²) in [6.07, 6.45) is 0. The van der Waals surface area contributed by atoms with Crippen LogP contribution >= 0.6 is 0 Å². The van der Waals surface area contributed by atoms with Crippen LogP contribution in [0.4, 0.5) is 0 Å². The molecule has 1 aromatic carbocycles. The lowest BCUT2D eigenvalue weighted by Gasteiger charge is -2.37. The Morgan fingerprint density at radius 3 is 2.16 bits per heavy atom. The number of nitrogens with two attached hydrogens (primary N) is 1. The van der Waals surface area contributed by atoms with Gasteiger partial charge < -0.3 is 10.6 Å². The summed E-state index contributed by atoms with van der Waals surface area (Å²) < 4.78 is 0. The minimum absolute atomic E-state index is 0.0787. The minimum Gasteiger partial charge on any atom is -0.368 e. The van der Waals surface area contributed by atoms with Gasteiger partial charge in [-0.05, 0) is 5.56 Å². The molecule has 1 saturated heterocycles. The number of piperazine rings is 1. The smallest absolute Gasteiger partial charge is 0.239 e. The number of primary amides is 1. The van der Waals surface area contributed by atoms with Gasteiger partial charge in [0.2, 0.25) is 11.8 Å². The lowest BCUT2D eigenvalue weighted by Crippen LogP contribution is -2.51. The maximum absolute atomic E-state index is 11.7. The number of carbonyl (C=O) groups excluding carboxylic acids is 2. The molecule has 5 nitrogen and oxygen atoms in total. The zero-order valence-electron chi connectivity index (χ0n) is 11.1. The molecule has 0 radical (unpaired) electrons. The molecule has 102 valence electrons. The Morgan fingerprint density at radius 2 is 1.68 bits per heavy atom. The lowest BCUT2D eigenvalue weighted by atomic mass is 10.0. The molecule has 0 bridgehead atoms. The van der Waals surface area contributed by atoms with Gasteiger partial charge in [-0.15, -0.1) is 0 Å². The molecule has 0 saturated carbocycles. The fourth-order valence-electron chi connectivity index (χ4n) is 2.49. The molecule has 0 unspecified atom stereocenters. The van der Waals surface area contributed by atoms with Crippen LogP contribution in [0.25, 0.3) is 0 Å². The van der Waals surface area contributed by atoms with Crippen molar-refractivity contribution in [1.29, 1.82) is 0 Å². The van der Waals surface area contributed by atoms with Crippen LogP contribution in [0.15, 0.2) is 30.3 Å². The summed E-state index contributed by atoms with van der Waals surface area (Å²) in [4.78, 5) is 26.8. The summed E-state index contributed by atoms with van der Waals surface area (Å²) >= 11 is 0. The molecule has 0 aliphatic carbocycles. The van der Waals surface area contributed by atoms with Crippen molar-refractivity contribution in [2.45, 2.75) is 13.0 Å². The van der Waals surface area contributed by atoms with Gasteiger partial charge in [-0.2, -0.15) is 0 Å². The predicted octanol–water partition coefficient (Wildman–Crippen LogP) is 0.377. The van der Waals surface area contributed by atoms with Crippen LogP contribution < -0.4 is 5.73 Å². The van der Waals surface area contributed by atoms with E-state index < -0.39 is 6.04 Å². The molecule has 0 spiro atoms. The van der Waals surface area contributed by atoms with E-state index in [9.17, 15) is 9.59 Å². The monoisotopic (exact) mass is 261 g/mol. The molecular weight excluding hydrogens is 242 g/mol. The third-order valence-electron chi connectivity index (χ3n) is 3.51. The van der Waals surface area contributed by atoms with Gasteiger partial charge in [0.05, 0.1) is 0 Å². The van der Waals surface area contributed by atoms with Gasteiger partial charge in [0.15, 0.2) is 0 Å². The third kappa shape index (κ3) is 3.12. The topological polar surface area (TPSA) is 66.6 Å². The molecule has 5 heteroatoms. The molecule has 2 N–H and O–H groups in total. The number of rotatable bonds is 3. The Bertz CT molecular complexity index is 453. The summed E-state index contributed by atoms with van der Waals surface area (Å²) in [7, 11) is 0. The summed E-state index contributed by atoms with van der Waals surface area (Å²) in [5.41, 5.74) is 6.44. The molecule has 1 aromatic rings. The summed E-state index contributed by atoms with van der Waals surface area (Å²) in [5.74, 6) is -0.266. The van der Waals surface area contributed by atoms with Crippen molar-refractivity contribution in [2.24, 2.45) is 5.73 Å². The SMILES string of the molecule is CC(=O)N1CCN([C@H](C(N)=O)c2ccccc2)CC1. The van der Waals surface area contributed by atoms with Crippen molar-refractivity contribution in [1.82, 2.24) is 9.80 Å². The lowest BCUT2D eigenvalue weighted by molar-refractivity contribution is -0.131. The number of nitrogens with zero attached hydrogens (tertiary/aromatic N) is 2. The van der Waals surface area contributed by atoms with Crippen molar-refractivity contribution >= 4 is 11.8 Å². The first-order chi connectivity index (χ1) is 9.09. The van der Waals surface area contributed by atoms with E-state index in [4.69, 9.17) is 5.73 Å². The second kappa shape index (κ2) is 5.84. The average molecular weight is 261 g/mol. The highest BCUT2D eigenvalue weighted by Crippen LogP contribution is 2.21. The van der Waals surface area contributed by atoms with Crippen LogP contribution in [0.5, 0.6) is 0 Å². The second-order valence-corrected chi connectivity index (χ2v) is 4.76. The third-order valence-corrected chi connectivity index (χ3v) is 3.51. The van der Waals surface area contributed by atoms with E-state index in [0.717, 1.165) is 5.56 Å². The molecular formula is C14H19N3O2. The Kier molecular flexibility index (Phi) is 4.16. The largest absolute Gasteiger partial charge is 0.368 e. The van der Waals surface area contributed by atoms with Crippen molar-refractivity contribution < 1.29 is 9.59 Å². The van der Waals surface area contributed by atoms with E-state index >= 15 is 0 Å². The van der Waals surface area contributed by atoms with Crippen LogP contribution in [0.1, 0.15) is 18.5 Å². The number of amides is 2. The van der Waals surface area contributed by atoms with Crippen LogP contribution in [-0.4, -0.2) is 47.8 Å². The second-order valence-electron chi connectivity index (χ2n) is 4.76. The first-order valence-electron chi connectivity index (χ1n) is 6.43. The van der Waals surface area contributed by atoms with Gasteiger partial charge in [0.1, 0.15) is 6.04 Å². The fraction of sp³-hybridized carbons (Fsp3) is 0.429. The van der Waals surface area contributed by atoms with Gasteiger partial charge in [-0.3, -0.25) is 14.5 Å². The number of benzene rings is 1. The van der Waals surface area contributed by atoms with Crippen LogP contribution in [0.2, 0.25) is 0 Å². The summed E-state index contributed by atoms with van der Waals surface area (Å²) in [5, 5.41) is 0. The van der Waals surface area contributed by atoms with Crippen molar-refractivity contribution in [2.75, 3.05) is 26.2 Å². The number of carbonyl (C=O) groups is 2. The molecule has 2 amide bonds. The van der Waals surface area contributed by atoms with Gasteiger partial charge >= 0.3 is 0 Å². The van der Waals surface area contributed by atoms with E-state index in [2.05, 4.69) is 0 Å². The maximum atomic E-state index is 11.7. The first kappa shape index (κ1) is 13.5. The van der Waals surface area contributed by atoms with Crippen molar-refractivity contribution in [3.63, 3.8) is 0 Å². The number of hydrogen-bond donors (Lipinski definition) is 1. The highest BCUT2D eigenvalue weighted by Gasteiger charge is 2.29. The normalized spacial score (nSPS) is 18.1. The fourth-order valence-corrected chi connectivity index (χ4v) is 2.49. The quantitative estimate of drug-likeness (QED) is 0.855. The first-order valence-corrected chi connectivity index (χ1v) is 6.43. The molecule has 1 fully saturated rings. The minimum atomic E-state index is -0.407. The Hall–Kier alpha value is -1.88. The van der Waals surface area contributed by atoms with E-state index in [0.29, 0.717) is 26.2 Å². The standard InChI is InChI=1S/C14H19N3O2/c1-11(18)16-7-9-17(10-8-16)13(14(15)19)12-5-3-2-4-6-12/h2-6,13H,7-10H2,1H3,(H2,15,19)/t13-/m0/s1. The Balaban J connectivity index is 2.10. The van der Waals surface area contributed by atoms with E-state index in [1.165, 1.54) is 0 Å². The van der Waals surface area contributed by atoms with Gasteiger partial charge in [-0.1, -0.05) is 30.3 Å². The van der Waals surface area contributed by atoms with Crippen molar-refractivity contribution in [3.8, 4) is 0 Å². The summed E-state index contributed by atoms with van der Waals surface area (Å²) in [6.45, 7) is 4.19. The molecule has 1 aliphatic rings. The zero-order chi connectivity index (χ0) is 13.8. The van der Waals surface area contributed by atoms with E-state index in [1.807, 2.05) is 35.2 Å². The van der Waals surface area contributed by atoms with E-state index in [-0.39, 0.29) is 11.8 Å². The van der Waals surface area contributed by atoms with Gasteiger partial charge in [-0.25, -0.2) is 0 Å². The molecule has 1 atom stereocenters. The van der Waals surface area contributed by atoms with Crippen LogP contribution in [0.3, 0.4) is 0 Å². The average Bonchev–Trinajstić information content (AvgIpc) is 2.40. The Labute approximate surface area is 113 Å². The van der Waals surface area contributed by atoms with Crippen molar-refractivity contribution in [3.05, 3.63) is 35.9 Å². The highest BCUT2D eigenvalue weighted by molar-refractivity contribution is 5.81. The molecule has 0 aromatic heterocycles. The molecule has 1 aliphatic heterocycles. The molecule has 1 heterocycles. The molecule has 19 heavy (non-hydrogen) atoms. The Morgan fingerprint density at radius 1 is 1.11 bits per heavy atom. The van der Waals surface area contributed by atoms with Crippen LogP contribution in [-0.2, 0) is 9.59 Å². The highest BCUT2D eigenvalue weighted by atomic mass is 16.2. The van der Waals surface area contributed by atoms with Crippen LogP contribution in [0, 0.1) is 0 Å². The summed E-state index contributed by atoms with van der Waals surface area (Å²) in [6, 6.07) is 9.12. The number of hydrogen-bond acceptors (Lipinski definition) is 3. The maximum Gasteiger partial charge on any atom is 0.239 e. The van der Waals surface area contributed by atoms with Gasteiger partial charge in [0, 0.05) is 33.1 Å².